The third-order valence-corrected chi connectivity index (χ3v) is 4.40. The van der Waals surface area contributed by atoms with Gasteiger partial charge < -0.3 is 11.1 Å². The van der Waals surface area contributed by atoms with Crippen LogP contribution in [0, 0.1) is 0 Å². The minimum atomic E-state index is -0.197. The standard InChI is InChI=1S/C19H24ClN3O/c1-3-23(4-2)13-15-8-6-5-7-14(15)12-22-19(24)17-10-9-16(21)11-18(17)20/h5-11H,3-4,12-13,21H2,1-2H3,(H,22,24). The quantitative estimate of drug-likeness (QED) is 0.752. The van der Waals surface area contributed by atoms with Gasteiger partial charge in [-0.05, 0) is 42.4 Å². The zero-order valence-corrected chi connectivity index (χ0v) is 14.9. The highest BCUT2D eigenvalue weighted by molar-refractivity contribution is 6.34. The van der Waals surface area contributed by atoms with Crippen LogP contribution in [0.5, 0.6) is 0 Å². The van der Waals surface area contributed by atoms with Crippen molar-refractivity contribution < 1.29 is 4.79 Å². The van der Waals surface area contributed by atoms with Gasteiger partial charge in [0.2, 0.25) is 0 Å². The number of hydrogen-bond acceptors (Lipinski definition) is 3. The number of nitrogens with zero attached hydrogens (tertiary/aromatic N) is 1. The number of carbonyl (C=O) groups is 1. The van der Waals surface area contributed by atoms with Gasteiger partial charge in [0.25, 0.3) is 5.91 Å². The maximum atomic E-state index is 12.3. The number of nitrogens with one attached hydrogen (secondary N) is 1. The molecule has 2 aromatic rings. The van der Waals surface area contributed by atoms with Crippen LogP contribution >= 0.6 is 11.6 Å². The van der Waals surface area contributed by atoms with Gasteiger partial charge in [-0.3, -0.25) is 9.69 Å². The topological polar surface area (TPSA) is 58.4 Å². The molecule has 2 rings (SSSR count). The molecule has 2 aromatic carbocycles. The highest BCUT2D eigenvalue weighted by Crippen LogP contribution is 2.19. The van der Waals surface area contributed by atoms with Crippen molar-refractivity contribution in [2.24, 2.45) is 0 Å². The molecule has 5 heteroatoms. The zero-order valence-electron chi connectivity index (χ0n) is 14.2. The minimum Gasteiger partial charge on any atom is -0.399 e. The van der Waals surface area contributed by atoms with Crippen molar-refractivity contribution in [3.05, 3.63) is 64.2 Å². The summed E-state index contributed by atoms with van der Waals surface area (Å²) in [4.78, 5) is 14.7. The molecule has 0 fully saturated rings. The number of nitrogens with two attached hydrogens (primary N) is 1. The monoisotopic (exact) mass is 345 g/mol. The molecule has 0 aliphatic heterocycles. The second-order valence-electron chi connectivity index (χ2n) is 5.65. The van der Waals surface area contributed by atoms with Gasteiger partial charge in [0.05, 0.1) is 10.6 Å². The Morgan fingerprint density at radius 1 is 1.12 bits per heavy atom. The lowest BCUT2D eigenvalue weighted by Crippen LogP contribution is -2.26. The molecule has 4 nitrogen and oxygen atoms in total. The fraction of sp³-hybridized carbons (Fsp3) is 0.316. The maximum Gasteiger partial charge on any atom is 0.253 e. The van der Waals surface area contributed by atoms with Gasteiger partial charge in [0.1, 0.15) is 0 Å². The molecular weight excluding hydrogens is 322 g/mol. The molecule has 0 heterocycles. The third kappa shape index (κ3) is 4.73. The number of benzene rings is 2. The Morgan fingerprint density at radius 2 is 1.79 bits per heavy atom. The fourth-order valence-corrected chi connectivity index (χ4v) is 2.83. The Kier molecular flexibility index (Phi) is 6.64. The average molecular weight is 346 g/mol. The van der Waals surface area contributed by atoms with Gasteiger partial charge >= 0.3 is 0 Å². The van der Waals surface area contributed by atoms with Gasteiger partial charge in [0, 0.05) is 18.8 Å². The van der Waals surface area contributed by atoms with Crippen molar-refractivity contribution in [1.29, 1.82) is 0 Å². The molecule has 0 saturated heterocycles. The molecule has 3 N–H and O–H groups in total. The number of anilines is 1. The van der Waals surface area contributed by atoms with Crippen molar-refractivity contribution in [1.82, 2.24) is 10.2 Å². The summed E-state index contributed by atoms with van der Waals surface area (Å²) in [6.07, 6.45) is 0. The summed E-state index contributed by atoms with van der Waals surface area (Å²) >= 11 is 6.10. The largest absolute Gasteiger partial charge is 0.399 e. The van der Waals surface area contributed by atoms with E-state index in [-0.39, 0.29) is 5.91 Å². The second kappa shape index (κ2) is 8.71. The van der Waals surface area contributed by atoms with Crippen LogP contribution in [-0.4, -0.2) is 23.9 Å². The van der Waals surface area contributed by atoms with Crippen LogP contribution in [0.1, 0.15) is 35.3 Å². The molecule has 0 radical (unpaired) electrons. The van der Waals surface area contributed by atoms with E-state index in [1.807, 2.05) is 18.2 Å². The van der Waals surface area contributed by atoms with Crippen LogP contribution in [0.15, 0.2) is 42.5 Å². The lowest BCUT2D eigenvalue weighted by molar-refractivity contribution is 0.0951. The predicted octanol–water partition coefficient (Wildman–Crippen LogP) is 3.69. The Bertz CT molecular complexity index is 699. The van der Waals surface area contributed by atoms with Crippen molar-refractivity contribution >= 4 is 23.2 Å². The number of halogens is 1. The van der Waals surface area contributed by atoms with Crippen molar-refractivity contribution in [3.63, 3.8) is 0 Å². The molecule has 0 aliphatic rings. The molecule has 0 aromatic heterocycles. The molecule has 1 amide bonds. The fourth-order valence-electron chi connectivity index (χ4n) is 2.56. The molecule has 0 bridgehead atoms. The van der Waals surface area contributed by atoms with E-state index in [1.54, 1.807) is 18.2 Å². The van der Waals surface area contributed by atoms with Crippen LogP contribution in [0.25, 0.3) is 0 Å². The molecular formula is C19H24ClN3O. The Labute approximate surface area is 148 Å². The Morgan fingerprint density at radius 3 is 2.42 bits per heavy atom. The summed E-state index contributed by atoms with van der Waals surface area (Å²) in [5.41, 5.74) is 8.99. The summed E-state index contributed by atoms with van der Waals surface area (Å²) in [5.74, 6) is -0.197. The Hall–Kier alpha value is -2.04. The molecule has 0 unspecified atom stereocenters. The molecule has 0 atom stereocenters. The maximum absolute atomic E-state index is 12.3. The lowest BCUT2D eigenvalue weighted by atomic mass is 10.1. The molecule has 128 valence electrons. The highest BCUT2D eigenvalue weighted by atomic mass is 35.5. The highest BCUT2D eigenvalue weighted by Gasteiger charge is 2.12. The first-order valence-electron chi connectivity index (χ1n) is 8.17. The number of amides is 1. The van der Waals surface area contributed by atoms with Gasteiger partial charge in [-0.2, -0.15) is 0 Å². The molecule has 24 heavy (non-hydrogen) atoms. The first-order valence-corrected chi connectivity index (χ1v) is 8.55. The SMILES string of the molecule is CCN(CC)Cc1ccccc1CNC(=O)c1ccc(N)cc1Cl. The van der Waals surface area contributed by atoms with E-state index in [4.69, 9.17) is 17.3 Å². The van der Waals surface area contributed by atoms with Crippen LogP contribution in [0.2, 0.25) is 5.02 Å². The number of nitrogen functional groups attached to an aromatic ring is 1. The number of hydrogen-bond donors (Lipinski definition) is 2. The van der Waals surface area contributed by atoms with E-state index in [1.165, 1.54) is 5.56 Å². The van der Waals surface area contributed by atoms with Crippen LogP contribution < -0.4 is 11.1 Å². The van der Waals surface area contributed by atoms with Crippen LogP contribution in [0.4, 0.5) is 5.69 Å². The predicted molar refractivity (Wildman–Crippen MR) is 100 cm³/mol. The van der Waals surface area contributed by atoms with E-state index >= 15 is 0 Å². The van der Waals surface area contributed by atoms with E-state index < -0.39 is 0 Å². The average Bonchev–Trinajstić information content (AvgIpc) is 2.58. The van der Waals surface area contributed by atoms with Crippen molar-refractivity contribution in [2.45, 2.75) is 26.9 Å². The molecule has 0 spiro atoms. The summed E-state index contributed by atoms with van der Waals surface area (Å²) in [6.45, 7) is 7.64. The first-order chi connectivity index (χ1) is 11.5. The third-order valence-electron chi connectivity index (χ3n) is 4.08. The lowest BCUT2D eigenvalue weighted by Gasteiger charge is -2.20. The van der Waals surface area contributed by atoms with Crippen molar-refractivity contribution in [3.8, 4) is 0 Å². The second-order valence-corrected chi connectivity index (χ2v) is 6.06. The summed E-state index contributed by atoms with van der Waals surface area (Å²) in [7, 11) is 0. The number of carbonyl (C=O) groups excluding carboxylic acids is 1. The van der Waals surface area contributed by atoms with Gasteiger partial charge in [-0.1, -0.05) is 49.7 Å². The van der Waals surface area contributed by atoms with E-state index in [0.29, 0.717) is 22.8 Å². The normalized spacial score (nSPS) is 10.8. The Balaban J connectivity index is 2.07. The molecule has 0 saturated carbocycles. The zero-order chi connectivity index (χ0) is 17.5. The van der Waals surface area contributed by atoms with E-state index in [0.717, 1.165) is 25.2 Å². The van der Waals surface area contributed by atoms with E-state index in [9.17, 15) is 4.79 Å². The minimum absolute atomic E-state index is 0.197. The van der Waals surface area contributed by atoms with Crippen LogP contribution in [-0.2, 0) is 13.1 Å². The van der Waals surface area contributed by atoms with Gasteiger partial charge in [0.15, 0.2) is 0 Å². The summed E-state index contributed by atoms with van der Waals surface area (Å²) in [5, 5.41) is 3.31. The molecule has 0 aliphatic carbocycles. The van der Waals surface area contributed by atoms with E-state index in [2.05, 4.69) is 30.1 Å². The van der Waals surface area contributed by atoms with Gasteiger partial charge in [-0.25, -0.2) is 0 Å². The smallest absolute Gasteiger partial charge is 0.253 e. The van der Waals surface area contributed by atoms with Gasteiger partial charge in [-0.15, -0.1) is 0 Å². The summed E-state index contributed by atoms with van der Waals surface area (Å²) in [6, 6.07) is 13.1. The first kappa shape index (κ1) is 18.3. The van der Waals surface area contributed by atoms with Crippen LogP contribution in [0.3, 0.4) is 0 Å². The number of rotatable bonds is 7. The van der Waals surface area contributed by atoms with Crippen molar-refractivity contribution in [2.75, 3.05) is 18.8 Å². The summed E-state index contributed by atoms with van der Waals surface area (Å²) < 4.78 is 0.